The number of amides is 1. The van der Waals surface area contributed by atoms with Crippen molar-refractivity contribution < 1.29 is 14.3 Å². The minimum absolute atomic E-state index is 0.0875. The van der Waals surface area contributed by atoms with Crippen molar-refractivity contribution in [1.29, 1.82) is 0 Å². The molecule has 30 heavy (non-hydrogen) atoms. The topological polar surface area (TPSA) is 77.7 Å². The SMILES string of the molecule is C=Cc1c(Nc2ccc(N(CC)CC)cc2)cc(NC(=O)c2ccco2)c(O)c1Cl. The van der Waals surface area contributed by atoms with E-state index in [4.69, 9.17) is 16.0 Å². The van der Waals surface area contributed by atoms with Gasteiger partial charge in [-0.05, 0) is 56.3 Å². The van der Waals surface area contributed by atoms with Crippen LogP contribution in [0.2, 0.25) is 5.02 Å². The van der Waals surface area contributed by atoms with E-state index in [1.54, 1.807) is 18.2 Å². The number of benzene rings is 2. The number of aromatic hydroxyl groups is 1. The molecule has 0 bridgehead atoms. The predicted molar refractivity (Wildman–Crippen MR) is 123 cm³/mol. The minimum atomic E-state index is -0.493. The number of nitrogens with one attached hydrogen (secondary N) is 2. The van der Waals surface area contributed by atoms with Crippen LogP contribution in [0, 0.1) is 0 Å². The second-order valence-electron chi connectivity index (χ2n) is 6.53. The monoisotopic (exact) mass is 425 g/mol. The number of halogens is 1. The zero-order valence-electron chi connectivity index (χ0n) is 16.9. The summed E-state index contributed by atoms with van der Waals surface area (Å²) in [6.45, 7) is 9.86. The molecule has 3 rings (SSSR count). The highest BCUT2D eigenvalue weighted by Gasteiger charge is 2.18. The first-order valence-electron chi connectivity index (χ1n) is 9.63. The van der Waals surface area contributed by atoms with E-state index in [9.17, 15) is 9.90 Å². The Hall–Kier alpha value is -3.38. The first-order valence-corrected chi connectivity index (χ1v) is 10.0. The fraction of sp³-hybridized carbons (Fsp3) is 0.174. The number of hydrogen-bond acceptors (Lipinski definition) is 5. The van der Waals surface area contributed by atoms with Gasteiger partial charge >= 0.3 is 0 Å². The summed E-state index contributed by atoms with van der Waals surface area (Å²) in [4.78, 5) is 14.6. The Kier molecular flexibility index (Phi) is 6.69. The van der Waals surface area contributed by atoms with Crippen LogP contribution in [0.25, 0.3) is 6.08 Å². The predicted octanol–water partition coefficient (Wildman–Crippen LogP) is 6.12. The molecule has 0 atom stereocenters. The van der Waals surface area contributed by atoms with Crippen molar-refractivity contribution in [3.05, 3.63) is 71.7 Å². The number of phenolic OH excluding ortho intramolecular Hbond substituents is 1. The van der Waals surface area contributed by atoms with Gasteiger partial charge in [-0.15, -0.1) is 0 Å². The normalized spacial score (nSPS) is 10.5. The van der Waals surface area contributed by atoms with Gasteiger partial charge in [0.1, 0.15) is 0 Å². The summed E-state index contributed by atoms with van der Waals surface area (Å²) in [5.74, 6) is -0.610. The molecule has 156 valence electrons. The van der Waals surface area contributed by atoms with Gasteiger partial charge in [0.2, 0.25) is 0 Å². The lowest BCUT2D eigenvalue weighted by Crippen LogP contribution is -2.21. The molecule has 0 saturated heterocycles. The highest BCUT2D eigenvalue weighted by molar-refractivity contribution is 6.34. The summed E-state index contributed by atoms with van der Waals surface area (Å²) in [5.41, 5.74) is 3.24. The molecule has 1 aromatic heterocycles. The maximum Gasteiger partial charge on any atom is 0.291 e. The number of anilines is 4. The van der Waals surface area contributed by atoms with Gasteiger partial charge in [0.05, 0.1) is 17.0 Å². The van der Waals surface area contributed by atoms with E-state index in [2.05, 4.69) is 36.0 Å². The molecule has 6 nitrogen and oxygen atoms in total. The van der Waals surface area contributed by atoms with Crippen molar-refractivity contribution in [2.75, 3.05) is 28.6 Å². The summed E-state index contributed by atoms with van der Waals surface area (Å²) < 4.78 is 5.09. The molecule has 0 fully saturated rings. The molecular formula is C23H24ClN3O3. The molecule has 1 amide bonds. The molecule has 1 heterocycles. The van der Waals surface area contributed by atoms with Crippen LogP contribution >= 0.6 is 11.6 Å². The molecule has 3 N–H and O–H groups in total. The lowest BCUT2D eigenvalue weighted by molar-refractivity contribution is 0.0996. The number of furan rings is 1. The smallest absolute Gasteiger partial charge is 0.291 e. The van der Waals surface area contributed by atoms with E-state index in [1.165, 1.54) is 12.3 Å². The van der Waals surface area contributed by atoms with Gasteiger partial charge in [-0.1, -0.05) is 24.3 Å². The van der Waals surface area contributed by atoms with Gasteiger partial charge in [0.25, 0.3) is 5.91 Å². The van der Waals surface area contributed by atoms with Gasteiger partial charge < -0.3 is 25.1 Å². The first kappa shape index (κ1) is 21.3. The van der Waals surface area contributed by atoms with Gasteiger partial charge in [-0.2, -0.15) is 0 Å². The van der Waals surface area contributed by atoms with Crippen LogP contribution in [0.4, 0.5) is 22.7 Å². The van der Waals surface area contributed by atoms with Crippen molar-refractivity contribution in [2.24, 2.45) is 0 Å². The molecule has 3 aromatic rings. The lowest BCUT2D eigenvalue weighted by Gasteiger charge is -2.21. The number of rotatable bonds is 8. The lowest BCUT2D eigenvalue weighted by atomic mass is 10.1. The van der Waals surface area contributed by atoms with E-state index in [-0.39, 0.29) is 22.2 Å². The zero-order chi connectivity index (χ0) is 21.7. The van der Waals surface area contributed by atoms with E-state index in [0.29, 0.717) is 11.3 Å². The average Bonchev–Trinajstić information content (AvgIpc) is 3.29. The van der Waals surface area contributed by atoms with Crippen LogP contribution in [-0.2, 0) is 0 Å². The van der Waals surface area contributed by atoms with Gasteiger partial charge in [-0.3, -0.25) is 4.79 Å². The van der Waals surface area contributed by atoms with Crippen molar-refractivity contribution in [1.82, 2.24) is 0 Å². The van der Waals surface area contributed by atoms with Crippen LogP contribution in [0.1, 0.15) is 30.0 Å². The molecule has 0 aliphatic carbocycles. The molecule has 0 unspecified atom stereocenters. The fourth-order valence-electron chi connectivity index (χ4n) is 3.14. The van der Waals surface area contributed by atoms with E-state index >= 15 is 0 Å². The Morgan fingerprint density at radius 2 is 1.90 bits per heavy atom. The van der Waals surface area contributed by atoms with Crippen molar-refractivity contribution in [2.45, 2.75) is 13.8 Å². The van der Waals surface area contributed by atoms with E-state index < -0.39 is 5.91 Å². The second-order valence-corrected chi connectivity index (χ2v) is 6.91. The highest BCUT2D eigenvalue weighted by atomic mass is 35.5. The molecule has 0 aliphatic rings. The van der Waals surface area contributed by atoms with Crippen LogP contribution in [0.15, 0.2) is 59.7 Å². The Morgan fingerprint density at radius 1 is 1.20 bits per heavy atom. The van der Waals surface area contributed by atoms with Crippen molar-refractivity contribution in [3.63, 3.8) is 0 Å². The number of phenols is 1. The van der Waals surface area contributed by atoms with Crippen LogP contribution < -0.4 is 15.5 Å². The molecule has 0 aliphatic heterocycles. The largest absolute Gasteiger partial charge is 0.504 e. The third-order valence-electron chi connectivity index (χ3n) is 4.75. The summed E-state index contributed by atoms with van der Waals surface area (Å²) in [6, 6.07) is 12.7. The van der Waals surface area contributed by atoms with Crippen molar-refractivity contribution in [3.8, 4) is 5.75 Å². The van der Waals surface area contributed by atoms with Gasteiger partial charge in [0, 0.05) is 35.7 Å². The third-order valence-corrected chi connectivity index (χ3v) is 5.13. The molecule has 2 aromatic carbocycles. The minimum Gasteiger partial charge on any atom is -0.504 e. The standard InChI is InChI=1S/C23H24ClN3O3/c1-4-17-18(25-15-9-11-16(12-10-15)27(5-2)6-3)14-19(22(28)21(17)24)26-23(29)20-8-7-13-30-20/h4,7-14,25,28H,1,5-6H2,2-3H3,(H,26,29). The molecule has 0 spiro atoms. The van der Waals surface area contributed by atoms with Crippen LogP contribution in [0.5, 0.6) is 5.75 Å². The van der Waals surface area contributed by atoms with Gasteiger partial charge in [-0.25, -0.2) is 0 Å². The quantitative estimate of drug-likeness (QED) is 0.299. The van der Waals surface area contributed by atoms with Crippen LogP contribution in [-0.4, -0.2) is 24.1 Å². The summed E-state index contributed by atoms with van der Waals surface area (Å²) >= 11 is 6.34. The highest BCUT2D eigenvalue weighted by Crippen LogP contribution is 2.41. The Bertz CT molecular complexity index is 1030. The Balaban J connectivity index is 1.90. The number of carbonyl (C=O) groups is 1. The zero-order valence-corrected chi connectivity index (χ0v) is 17.7. The number of hydrogen-bond donors (Lipinski definition) is 3. The molecule has 0 radical (unpaired) electrons. The first-order chi connectivity index (χ1) is 14.5. The molecule has 7 heteroatoms. The number of nitrogens with zero attached hydrogens (tertiary/aromatic N) is 1. The fourth-order valence-corrected chi connectivity index (χ4v) is 3.43. The maximum atomic E-state index is 12.3. The van der Waals surface area contributed by atoms with Crippen LogP contribution in [0.3, 0.4) is 0 Å². The summed E-state index contributed by atoms with van der Waals surface area (Å²) in [7, 11) is 0. The summed E-state index contributed by atoms with van der Waals surface area (Å²) in [5, 5.41) is 16.4. The van der Waals surface area contributed by atoms with Gasteiger partial charge in [0.15, 0.2) is 11.5 Å². The Labute approximate surface area is 180 Å². The molecular weight excluding hydrogens is 402 g/mol. The number of carbonyl (C=O) groups excluding carboxylic acids is 1. The van der Waals surface area contributed by atoms with E-state index in [0.717, 1.165) is 24.5 Å². The molecule has 0 saturated carbocycles. The Morgan fingerprint density at radius 3 is 2.47 bits per heavy atom. The summed E-state index contributed by atoms with van der Waals surface area (Å²) in [6.07, 6.45) is 2.95. The average molecular weight is 426 g/mol. The maximum absolute atomic E-state index is 12.3. The van der Waals surface area contributed by atoms with Crippen molar-refractivity contribution >= 4 is 46.3 Å². The second kappa shape index (κ2) is 9.41. The third kappa shape index (κ3) is 4.44. The van der Waals surface area contributed by atoms with E-state index in [1.807, 2.05) is 24.3 Å².